The van der Waals surface area contributed by atoms with E-state index in [0.29, 0.717) is 11.0 Å². The van der Waals surface area contributed by atoms with Crippen LogP contribution in [0.3, 0.4) is 0 Å². The molecule has 0 amide bonds. The normalized spacial score (nSPS) is 14.2. The molecular formula is C13H17BrFNO2. The molecule has 0 aromatic heterocycles. The van der Waals surface area contributed by atoms with E-state index in [4.69, 9.17) is 5.11 Å². The number of carbonyl (C=O) groups is 1. The SMILES string of the molecule is CC[C@H](C)[C@H](NCc1cc(F)cc(Br)c1)C(=O)O. The molecular weight excluding hydrogens is 301 g/mol. The number of hydrogen-bond acceptors (Lipinski definition) is 2. The van der Waals surface area contributed by atoms with Gasteiger partial charge >= 0.3 is 5.97 Å². The molecule has 2 N–H and O–H groups in total. The number of carboxylic acids is 1. The summed E-state index contributed by atoms with van der Waals surface area (Å²) in [6.07, 6.45) is 0.775. The fraction of sp³-hybridized carbons (Fsp3) is 0.462. The second-order valence-corrected chi connectivity index (χ2v) is 5.28. The van der Waals surface area contributed by atoms with Crippen LogP contribution in [0.1, 0.15) is 25.8 Å². The van der Waals surface area contributed by atoms with Gasteiger partial charge in [0.15, 0.2) is 0 Å². The average Bonchev–Trinajstić information content (AvgIpc) is 2.27. The quantitative estimate of drug-likeness (QED) is 0.847. The van der Waals surface area contributed by atoms with Crippen LogP contribution in [-0.2, 0) is 11.3 Å². The van der Waals surface area contributed by atoms with Crippen molar-refractivity contribution in [3.8, 4) is 0 Å². The molecule has 0 heterocycles. The summed E-state index contributed by atoms with van der Waals surface area (Å²) in [6, 6.07) is 3.92. The Labute approximate surface area is 115 Å². The second kappa shape index (κ2) is 6.85. The van der Waals surface area contributed by atoms with Crippen molar-refractivity contribution in [2.45, 2.75) is 32.9 Å². The van der Waals surface area contributed by atoms with Gasteiger partial charge in [0.2, 0.25) is 0 Å². The monoisotopic (exact) mass is 317 g/mol. The predicted molar refractivity (Wildman–Crippen MR) is 71.8 cm³/mol. The Morgan fingerprint density at radius 3 is 2.67 bits per heavy atom. The molecule has 1 rings (SSSR count). The minimum atomic E-state index is -0.875. The highest BCUT2D eigenvalue weighted by molar-refractivity contribution is 9.10. The van der Waals surface area contributed by atoms with Gasteiger partial charge in [-0.05, 0) is 29.7 Å². The number of carboxylic acid groups (broad SMARTS) is 1. The van der Waals surface area contributed by atoms with Crippen LogP contribution >= 0.6 is 15.9 Å². The van der Waals surface area contributed by atoms with Gasteiger partial charge in [0.05, 0.1) is 0 Å². The van der Waals surface area contributed by atoms with Crippen LogP contribution in [0.15, 0.2) is 22.7 Å². The lowest BCUT2D eigenvalue weighted by molar-refractivity contribution is -0.140. The maximum absolute atomic E-state index is 13.2. The fourth-order valence-electron chi connectivity index (χ4n) is 1.71. The summed E-state index contributed by atoms with van der Waals surface area (Å²) in [7, 11) is 0. The van der Waals surface area contributed by atoms with Gasteiger partial charge < -0.3 is 10.4 Å². The molecule has 2 atom stereocenters. The van der Waals surface area contributed by atoms with Crippen molar-refractivity contribution in [3.63, 3.8) is 0 Å². The van der Waals surface area contributed by atoms with Crippen LogP contribution in [0, 0.1) is 11.7 Å². The lowest BCUT2D eigenvalue weighted by Crippen LogP contribution is -2.41. The molecule has 3 nitrogen and oxygen atoms in total. The Hall–Kier alpha value is -0.940. The summed E-state index contributed by atoms with van der Waals surface area (Å²) in [4.78, 5) is 11.1. The van der Waals surface area contributed by atoms with Crippen LogP contribution in [0.4, 0.5) is 4.39 Å². The first-order valence-electron chi connectivity index (χ1n) is 5.85. The van der Waals surface area contributed by atoms with Gasteiger partial charge in [-0.15, -0.1) is 0 Å². The Morgan fingerprint density at radius 2 is 2.17 bits per heavy atom. The van der Waals surface area contributed by atoms with Crippen LogP contribution in [0.5, 0.6) is 0 Å². The molecule has 5 heteroatoms. The number of hydrogen-bond donors (Lipinski definition) is 2. The molecule has 1 aromatic carbocycles. The minimum Gasteiger partial charge on any atom is -0.480 e. The first-order chi connectivity index (χ1) is 8.43. The van der Waals surface area contributed by atoms with E-state index in [1.165, 1.54) is 12.1 Å². The highest BCUT2D eigenvalue weighted by atomic mass is 79.9. The maximum Gasteiger partial charge on any atom is 0.320 e. The highest BCUT2D eigenvalue weighted by Crippen LogP contribution is 2.15. The van der Waals surface area contributed by atoms with Gasteiger partial charge in [0, 0.05) is 11.0 Å². The molecule has 0 aliphatic rings. The average molecular weight is 318 g/mol. The van der Waals surface area contributed by atoms with Gasteiger partial charge in [0.1, 0.15) is 11.9 Å². The number of nitrogens with one attached hydrogen (secondary N) is 1. The zero-order valence-electron chi connectivity index (χ0n) is 10.4. The summed E-state index contributed by atoms with van der Waals surface area (Å²) >= 11 is 3.21. The van der Waals surface area contributed by atoms with Gasteiger partial charge in [-0.3, -0.25) is 4.79 Å². The topological polar surface area (TPSA) is 49.3 Å². The van der Waals surface area contributed by atoms with Crippen LogP contribution in [-0.4, -0.2) is 17.1 Å². The van der Waals surface area contributed by atoms with Crippen molar-refractivity contribution in [2.24, 2.45) is 5.92 Å². The Morgan fingerprint density at radius 1 is 1.50 bits per heavy atom. The van der Waals surface area contributed by atoms with E-state index in [1.807, 2.05) is 13.8 Å². The summed E-state index contributed by atoms with van der Waals surface area (Å²) in [6.45, 7) is 4.16. The molecule has 0 saturated carbocycles. The molecule has 0 aliphatic heterocycles. The van der Waals surface area contributed by atoms with Gasteiger partial charge in [-0.25, -0.2) is 4.39 Å². The first-order valence-corrected chi connectivity index (χ1v) is 6.64. The van der Waals surface area contributed by atoms with Crippen molar-refractivity contribution in [2.75, 3.05) is 0 Å². The van der Waals surface area contributed by atoms with Crippen molar-refractivity contribution >= 4 is 21.9 Å². The molecule has 1 aromatic rings. The number of halogens is 2. The third kappa shape index (κ3) is 4.38. The summed E-state index contributed by atoms with van der Waals surface area (Å²) < 4.78 is 13.8. The minimum absolute atomic E-state index is 0.0273. The Bertz CT molecular complexity index is 405. The van der Waals surface area contributed by atoms with E-state index < -0.39 is 12.0 Å². The smallest absolute Gasteiger partial charge is 0.320 e. The molecule has 0 bridgehead atoms. The zero-order valence-corrected chi connectivity index (χ0v) is 12.0. The molecule has 0 spiro atoms. The molecule has 0 unspecified atom stereocenters. The van der Waals surface area contributed by atoms with Gasteiger partial charge in [-0.1, -0.05) is 36.2 Å². The van der Waals surface area contributed by atoms with Crippen molar-refractivity contribution in [1.82, 2.24) is 5.32 Å². The highest BCUT2D eigenvalue weighted by Gasteiger charge is 2.22. The number of aliphatic carboxylic acids is 1. The van der Waals surface area contributed by atoms with E-state index in [9.17, 15) is 9.18 Å². The van der Waals surface area contributed by atoms with Crippen molar-refractivity contribution < 1.29 is 14.3 Å². The Balaban J connectivity index is 2.69. The lowest BCUT2D eigenvalue weighted by atomic mass is 9.99. The Kier molecular flexibility index (Phi) is 5.75. The van der Waals surface area contributed by atoms with Crippen LogP contribution < -0.4 is 5.32 Å². The number of benzene rings is 1. The first kappa shape index (κ1) is 15.1. The standard InChI is InChI=1S/C13H17BrFNO2/c1-3-8(2)12(13(17)18)16-7-9-4-10(14)6-11(15)5-9/h4-6,8,12,16H,3,7H2,1-2H3,(H,17,18)/t8-,12-/m0/s1. The van der Waals surface area contributed by atoms with E-state index in [1.54, 1.807) is 6.07 Å². The molecule has 100 valence electrons. The molecule has 0 radical (unpaired) electrons. The maximum atomic E-state index is 13.2. The predicted octanol–water partition coefficient (Wildman–Crippen LogP) is 3.18. The molecule has 18 heavy (non-hydrogen) atoms. The molecule has 0 fully saturated rings. The number of rotatable bonds is 6. The summed E-state index contributed by atoms with van der Waals surface area (Å²) in [5.74, 6) is -1.18. The second-order valence-electron chi connectivity index (χ2n) is 4.36. The van der Waals surface area contributed by atoms with E-state index in [-0.39, 0.29) is 11.7 Å². The largest absolute Gasteiger partial charge is 0.480 e. The third-order valence-corrected chi connectivity index (χ3v) is 3.39. The summed E-state index contributed by atoms with van der Waals surface area (Å²) in [5, 5.41) is 12.1. The van der Waals surface area contributed by atoms with Crippen molar-refractivity contribution in [1.29, 1.82) is 0 Å². The van der Waals surface area contributed by atoms with E-state index in [2.05, 4.69) is 21.2 Å². The third-order valence-electron chi connectivity index (χ3n) is 2.93. The van der Waals surface area contributed by atoms with Gasteiger partial charge in [0.25, 0.3) is 0 Å². The van der Waals surface area contributed by atoms with Crippen molar-refractivity contribution in [3.05, 3.63) is 34.1 Å². The molecule has 0 saturated heterocycles. The van der Waals surface area contributed by atoms with E-state index >= 15 is 0 Å². The molecule has 0 aliphatic carbocycles. The summed E-state index contributed by atoms with van der Waals surface area (Å²) in [5.41, 5.74) is 0.719. The lowest BCUT2D eigenvalue weighted by Gasteiger charge is -2.20. The fourth-order valence-corrected chi connectivity index (χ4v) is 2.22. The van der Waals surface area contributed by atoms with Gasteiger partial charge in [-0.2, -0.15) is 0 Å². The van der Waals surface area contributed by atoms with Crippen LogP contribution in [0.25, 0.3) is 0 Å². The van der Waals surface area contributed by atoms with Crippen LogP contribution in [0.2, 0.25) is 0 Å². The van der Waals surface area contributed by atoms with E-state index in [0.717, 1.165) is 12.0 Å². The zero-order chi connectivity index (χ0) is 13.7.